The van der Waals surface area contributed by atoms with E-state index in [2.05, 4.69) is 33.4 Å². The molecule has 2 unspecified atom stereocenters. The number of carbonyl (C=O) groups excluding carboxylic acids is 2. The number of aryl methyl sites for hydroxylation is 1. The van der Waals surface area contributed by atoms with Crippen LogP contribution in [0.4, 0.5) is 26.3 Å². The molecule has 0 bridgehead atoms. The molecule has 0 saturated carbocycles. The number of alkyl halides is 6. The minimum Gasteiger partial charge on any atom is -0.542 e. The first-order valence-corrected chi connectivity index (χ1v) is 16.7. The van der Waals surface area contributed by atoms with Crippen molar-refractivity contribution in [2.45, 2.75) is 70.4 Å². The van der Waals surface area contributed by atoms with Crippen LogP contribution in [-0.2, 0) is 22.7 Å². The first-order valence-electron chi connectivity index (χ1n) is 16.3. The molecule has 0 aliphatic carbocycles. The summed E-state index contributed by atoms with van der Waals surface area (Å²) in [4.78, 5) is 22.6. The van der Waals surface area contributed by atoms with Gasteiger partial charge in [-0.1, -0.05) is 17.7 Å². The maximum Gasteiger partial charge on any atom is 0.430 e. The van der Waals surface area contributed by atoms with Gasteiger partial charge >= 0.3 is 12.4 Å². The van der Waals surface area contributed by atoms with Crippen molar-refractivity contribution in [1.82, 2.24) is 9.55 Å². The number of fused-ring (bicyclic) bond motifs is 1. The summed E-state index contributed by atoms with van der Waals surface area (Å²) >= 11 is 6.05. The molecule has 0 spiro atoms. The summed E-state index contributed by atoms with van der Waals surface area (Å²) in [6.07, 6.45) is -1.50. The zero-order valence-corrected chi connectivity index (χ0v) is 28.0. The molecule has 50 heavy (non-hydrogen) atoms. The van der Waals surface area contributed by atoms with Crippen molar-refractivity contribution in [3.05, 3.63) is 53.3 Å². The third kappa shape index (κ3) is 13.9. The van der Waals surface area contributed by atoms with Gasteiger partial charge in [-0.2, -0.15) is 26.3 Å². The topological polar surface area (TPSA) is 150 Å². The molecule has 10 nitrogen and oxygen atoms in total. The van der Waals surface area contributed by atoms with Crippen molar-refractivity contribution < 1.29 is 66.3 Å². The Morgan fingerprint density at radius 3 is 1.94 bits per heavy atom. The van der Waals surface area contributed by atoms with E-state index >= 15 is 0 Å². The minimum atomic E-state index is -5.19. The number of aliphatic carboxylic acids is 2. The molecule has 2 saturated heterocycles. The summed E-state index contributed by atoms with van der Waals surface area (Å²) in [6, 6.07) is 13.9. The van der Waals surface area contributed by atoms with Crippen LogP contribution in [0.5, 0.6) is 11.5 Å². The van der Waals surface area contributed by atoms with Crippen LogP contribution >= 0.6 is 11.6 Å². The number of benzene rings is 2. The van der Waals surface area contributed by atoms with Crippen molar-refractivity contribution >= 4 is 34.6 Å². The lowest BCUT2D eigenvalue weighted by Gasteiger charge is -2.20. The van der Waals surface area contributed by atoms with Crippen molar-refractivity contribution in [2.24, 2.45) is 11.8 Å². The van der Waals surface area contributed by atoms with Crippen LogP contribution in [0.15, 0.2) is 42.5 Å². The molecular weight excluding hydrogens is 698 g/mol. The number of piperidine rings is 2. The number of carboxylic acid groups (broad SMARTS) is 2. The van der Waals surface area contributed by atoms with Crippen LogP contribution in [0.25, 0.3) is 11.0 Å². The SMILES string of the molecule is Clc1ccc(OCc2nc3c(OCCC4CCC[NH2+]C4)cccc3n2CCCC2CCC[NH2+]C2)cc1.O=C([O-])C(F)(F)F.O=C([O-])C(F)(F)F. The molecule has 17 heteroatoms. The fourth-order valence-electron chi connectivity index (χ4n) is 5.77. The van der Waals surface area contributed by atoms with Crippen LogP contribution in [0.3, 0.4) is 0 Å². The number of hydrogen-bond acceptors (Lipinski definition) is 7. The highest BCUT2D eigenvalue weighted by molar-refractivity contribution is 6.30. The number of carboxylic acids is 2. The Morgan fingerprint density at radius 1 is 0.860 bits per heavy atom. The van der Waals surface area contributed by atoms with E-state index in [1.807, 2.05) is 24.3 Å². The fraction of sp³-hybridized carbons (Fsp3) is 0.545. The fourth-order valence-corrected chi connectivity index (χ4v) is 5.89. The number of para-hydroxylation sites is 1. The van der Waals surface area contributed by atoms with Gasteiger partial charge in [0.15, 0.2) is 0 Å². The Hall–Kier alpha value is -3.76. The molecule has 3 heterocycles. The Kier molecular flexibility index (Phi) is 15.9. The number of rotatable bonds is 11. The minimum absolute atomic E-state index is 0.421. The van der Waals surface area contributed by atoms with E-state index in [1.165, 1.54) is 58.3 Å². The van der Waals surface area contributed by atoms with Gasteiger partial charge in [-0.25, -0.2) is 4.98 Å². The zero-order chi connectivity index (χ0) is 36.7. The Morgan fingerprint density at radius 2 is 1.42 bits per heavy atom. The lowest BCUT2D eigenvalue weighted by atomic mass is 9.95. The molecule has 0 amide bonds. The maximum absolute atomic E-state index is 10.5. The van der Waals surface area contributed by atoms with Gasteiger partial charge < -0.3 is 44.5 Å². The lowest BCUT2D eigenvalue weighted by Crippen LogP contribution is -2.87. The number of quaternary nitrogens is 2. The smallest absolute Gasteiger partial charge is 0.430 e. The molecule has 278 valence electrons. The number of ether oxygens (including phenoxy) is 2. The van der Waals surface area contributed by atoms with Crippen molar-refractivity contribution in [1.29, 1.82) is 0 Å². The summed E-state index contributed by atoms with van der Waals surface area (Å²) in [5.74, 6) is -1.78. The predicted octanol–water partition coefficient (Wildman–Crippen LogP) is 2.36. The highest BCUT2D eigenvalue weighted by Gasteiger charge is 2.29. The van der Waals surface area contributed by atoms with Crippen LogP contribution in [0.1, 0.15) is 50.8 Å². The average molecular weight is 739 g/mol. The number of aromatic nitrogens is 2. The first kappa shape index (κ1) is 40.7. The molecule has 3 aromatic rings. The quantitative estimate of drug-likeness (QED) is 0.287. The van der Waals surface area contributed by atoms with Crippen molar-refractivity contribution in [2.75, 3.05) is 32.8 Å². The van der Waals surface area contributed by atoms with E-state index in [-0.39, 0.29) is 0 Å². The number of hydrogen-bond donors (Lipinski definition) is 2. The Labute approximate surface area is 290 Å². The molecule has 5 rings (SSSR count). The number of halogens is 7. The Bertz CT molecular complexity index is 1470. The second-order valence-electron chi connectivity index (χ2n) is 12.0. The van der Waals surface area contributed by atoms with Gasteiger partial charge in [0.25, 0.3) is 0 Å². The van der Waals surface area contributed by atoms with Gasteiger partial charge in [0.2, 0.25) is 0 Å². The maximum atomic E-state index is 10.5. The molecular formula is C33H41ClF6N4O6. The van der Waals surface area contributed by atoms with Gasteiger partial charge in [0, 0.05) is 23.4 Å². The van der Waals surface area contributed by atoms with Crippen LogP contribution < -0.4 is 30.3 Å². The number of nitrogens with zero attached hydrogens (tertiary/aromatic N) is 2. The summed E-state index contributed by atoms with van der Waals surface area (Å²) < 4.78 is 77.9. The largest absolute Gasteiger partial charge is 0.542 e. The summed E-state index contributed by atoms with van der Waals surface area (Å²) in [5, 5.41) is 23.2. The van der Waals surface area contributed by atoms with Gasteiger partial charge in [-0.05, 0) is 81.3 Å². The van der Waals surface area contributed by atoms with E-state index in [1.54, 1.807) is 0 Å². The monoisotopic (exact) mass is 738 g/mol. The van der Waals surface area contributed by atoms with Gasteiger partial charge in [-0.3, -0.25) is 0 Å². The van der Waals surface area contributed by atoms with Crippen molar-refractivity contribution in [3.8, 4) is 11.5 Å². The van der Waals surface area contributed by atoms with Gasteiger partial charge in [-0.15, -0.1) is 0 Å². The standard InChI is InChI=1S/C29H39ClN4O2.2C2HF3O2/c30-24-10-12-25(13-11-24)36-21-28-33-29-26(34(28)17-4-7-22-5-2-15-31-19-22)8-1-9-27(29)35-18-14-23-6-3-16-32-20-23;2*3-2(4,5)1(6)7/h1,8-13,22-23,31-32H,2-7,14-21H2;2*(H,6,7). The van der Waals surface area contributed by atoms with E-state index in [0.29, 0.717) is 11.6 Å². The second kappa shape index (κ2) is 19.6. The van der Waals surface area contributed by atoms with Crippen LogP contribution in [0.2, 0.25) is 5.02 Å². The molecule has 2 aromatic carbocycles. The normalized spacial score (nSPS) is 17.9. The molecule has 4 N–H and O–H groups in total. The van der Waals surface area contributed by atoms with E-state index in [9.17, 15) is 26.3 Å². The van der Waals surface area contributed by atoms with E-state index < -0.39 is 24.3 Å². The van der Waals surface area contributed by atoms with Crippen LogP contribution in [0, 0.1) is 11.8 Å². The van der Waals surface area contributed by atoms with Crippen LogP contribution in [-0.4, -0.2) is 66.6 Å². The molecule has 1 aromatic heterocycles. The number of imidazole rings is 1. The molecule has 2 fully saturated rings. The first-order chi connectivity index (χ1) is 23.6. The third-order valence-corrected chi connectivity index (χ3v) is 8.54. The average Bonchev–Trinajstić information content (AvgIpc) is 3.43. The molecule has 0 radical (unpaired) electrons. The summed E-state index contributed by atoms with van der Waals surface area (Å²) in [5.41, 5.74) is 2.09. The number of nitrogens with two attached hydrogens (primary N) is 2. The highest BCUT2D eigenvalue weighted by Crippen LogP contribution is 2.29. The predicted molar refractivity (Wildman–Crippen MR) is 166 cm³/mol. The van der Waals surface area contributed by atoms with Gasteiger partial charge in [0.1, 0.15) is 41.4 Å². The second-order valence-corrected chi connectivity index (χ2v) is 12.5. The lowest BCUT2D eigenvalue weighted by molar-refractivity contribution is -0.669. The molecule has 2 aliphatic heterocycles. The molecule has 2 aliphatic rings. The summed E-state index contributed by atoms with van der Waals surface area (Å²) in [6.45, 7) is 7.18. The van der Waals surface area contributed by atoms with Gasteiger partial charge in [0.05, 0.1) is 38.3 Å². The third-order valence-electron chi connectivity index (χ3n) is 8.28. The zero-order valence-electron chi connectivity index (χ0n) is 27.2. The number of carbonyl (C=O) groups is 2. The highest BCUT2D eigenvalue weighted by atomic mass is 35.5. The molecule has 2 atom stereocenters. The van der Waals surface area contributed by atoms with E-state index in [4.69, 9.17) is 45.9 Å². The van der Waals surface area contributed by atoms with E-state index in [0.717, 1.165) is 66.2 Å². The van der Waals surface area contributed by atoms with Crippen molar-refractivity contribution in [3.63, 3.8) is 0 Å². The Balaban J connectivity index is 0.000000408. The summed E-state index contributed by atoms with van der Waals surface area (Å²) in [7, 11) is 0.